The lowest BCUT2D eigenvalue weighted by atomic mass is 10.2. The molecular weight excluding hydrogens is 406 g/mol. The molecule has 0 radical (unpaired) electrons. The molecule has 2 aromatic carbocycles. The van der Waals surface area contributed by atoms with Crippen molar-refractivity contribution in [1.82, 2.24) is 0 Å². The summed E-state index contributed by atoms with van der Waals surface area (Å²) in [6.45, 7) is 3.68. The highest BCUT2D eigenvalue weighted by Crippen LogP contribution is 2.30. The first kappa shape index (κ1) is 22.5. The highest BCUT2D eigenvalue weighted by atomic mass is 32.1. The van der Waals surface area contributed by atoms with Crippen molar-refractivity contribution in [3.05, 3.63) is 42.5 Å². The van der Waals surface area contributed by atoms with Crippen LogP contribution in [0.3, 0.4) is 0 Å². The number of nitriles is 1. The van der Waals surface area contributed by atoms with Gasteiger partial charge in [-0.25, -0.2) is 9.83 Å². The Balaban J connectivity index is 0.000000941. The zero-order chi connectivity index (χ0) is 21.2. The van der Waals surface area contributed by atoms with E-state index in [0.29, 0.717) is 6.54 Å². The van der Waals surface area contributed by atoms with Gasteiger partial charge in [0.2, 0.25) is 0 Å². The van der Waals surface area contributed by atoms with E-state index in [1.54, 1.807) is 18.4 Å². The maximum Gasteiger partial charge on any atom is 0.409 e. The van der Waals surface area contributed by atoms with E-state index in [9.17, 15) is 0 Å². The van der Waals surface area contributed by atoms with Crippen LogP contribution in [-0.4, -0.2) is 31.9 Å². The first-order valence-electron chi connectivity index (χ1n) is 8.93. The van der Waals surface area contributed by atoms with Crippen LogP contribution in [0.25, 0.3) is 10.2 Å². The van der Waals surface area contributed by atoms with E-state index in [0.717, 1.165) is 39.0 Å². The standard InChI is InChI=1S/C19H23N4O2S.CHNS/c1-4-23(11-12-24)15-7-5-14(6-8-15)20-21-19-22(2)17-10-9-16(25-3)13-18(17)26-19;2-1-3/h5-10,13,24H,4,11-12H2,1-3H3;3H/q+1;/p-1. The molecule has 0 saturated heterocycles. The molecule has 29 heavy (non-hydrogen) atoms. The van der Waals surface area contributed by atoms with E-state index >= 15 is 0 Å². The van der Waals surface area contributed by atoms with Crippen molar-refractivity contribution in [3.63, 3.8) is 0 Å². The molecule has 0 unspecified atom stereocenters. The van der Waals surface area contributed by atoms with Crippen LogP contribution in [0.5, 0.6) is 5.75 Å². The van der Waals surface area contributed by atoms with Crippen molar-refractivity contribution in [2.75, 3.05) is 31.7 Å². The maximum absolute atomic E-state index is 9.13. The van der Waals surface area contributed by atoms with Crippen LogP contribution in [0.4, 0.5) is 16.5 Å². The van der Waals surface area contributed by atoms with Gasteiger partial charge in [-0.1, -0.05) is 5.40 Å². The fourth-order valence-corrected chi connectivity index (χ4v) is 3.76. The zero-order valence-electron chi connectivity index (χ0n) is 16.6. The molecular formula is C20H23N5O2S2. The highest BCUT2D eigenvalue weighted by Gasteiger charge is 2.16. The Morgan fingerprint density at radius 3 is 2.52 bits per heavy atom. The number of hydrogen-bond donors (Lipinski definition) is 1. The minimum Gasteiger partial charge on any atom is -0.696 e. The number of aliphatic hydroxyl groups excluding tert-OH is 1. The number of azo groups is 1. The molecule has 9 heteroatoms. The molecule has 0 saturated carbocycles. The van der Waals surface area contributed by atoms with Crippen LogP contribution < -0.4 is 14.2 Å². The topological polar surface area (TPSA) is 85.1 Å². The quantitative estimate of drug-likeness (QED) is 0.266. The first-order valence-corrected chi connectivity index (χ1v) is 10.2. The number of benzene rings is 2. The summed E-state index contributed by atoms with van der Waals surface area (Å²) >= 11 is 5.28. The van der Waals surface area contributed by atoms with Gasteiger partial charge in [-0.3, -0.25) is 0 Å². The number of likely N-dealkylation sites (N-methyl/N-ethyl adjacent to an activating group) is 1. The lowest BCUT2D eigenvalue weighted by Gasteiger charge is -2.21. The van der Waals surface area contributed by atoms with Gasteiger partial charge in [0.25, 0.3) is 0 Å². The molecule has 0 atom stereocenters. The van der Waals surface area contributed by atoms with Crippen LogP contribution in [0.15, 0.2) is 52.7 Å². The summed E-state index contributed by atoms with van der Waals surface area (Å²) in [5.74, 6) is 0.835. The van der Waals surface area contributed by atoms with Gasteiger partial charge < -0.3 is 27.4 Å². The summed E-state index contributed by atoms with van der Waals surface area (Å²) in [5.41, 5.74) is 2.96. The molecule has 3 aromatic rings. The van der Waals surface area contributed by atoms with E-state index in [-0.39, 0.29) is 6.61 Å². The molecule has 0 bridgehead atoms. The Kier molecular flexibility index (Phi) is 8.73. The van der Waals surface area contributed by atoms with Crippen molar-refractivity contribution in [2.45, 2.75) is 6.92 Å². The normalized spacial score (nSPS) is 10.4. The third kappa shape index (κ3) is 5.84. The number of ether oxygens (including phenoxy) is 1. The third-order valence-corrected chi connectivity index (χ3v) is 5.32. The molecule has 0 spiro atoms. The van der Waals surface area contributed by atoms with Crippen molar-refractivity contribution in [1.29, 1.82) is 5.26 Å². The molecule has 1 heterocycles. The number of thiocyanates is 1. The molecule has 0 fully saturated rings. The summed E-state index contributed by atoms with van der Waals surface area (Å²) < 4.78 is 8.42. The number of aromatic nitrogens is 1. The Morgan fingerprint density at radius 1 is 1.24 bits per heavy atom. The zero-order valence-corrected chi connectivity index (χ0v) is 18.2. The molecule has 3 rings (SSSR count). The van der Waals surface area contributed by atoms with Gasteiger partial charge in [0.15, 0.2) is 0 Å². The average Bonchev–Trinajstić information content (AvgIpc) is 3.06. The van der Waals surface area contributed by atoms with Crippen LogP contribution in [-0.2, 0) is 19.7 Å². The largest absolute Gasteiger partial charge is 0.696 e. The predicted octanol–water partition coefficient (Wildman–Crippen LogP) is 3.98. The summed E-state index contributed by atoms with van der Waals surface area (Å²) in [6.07, 6.45) is 0. The fraction of sp³-hybridized carbons (Fsp3) is 0.300. The van der Waals surface area contributed by atoms with Crippen LogP contribution in [0, 0.1) is 10.7 Å². The number of rotatable bonds is 7. The number of nitrogens with zero attached hydrogens (tertiary/aromatic N) is 5. The molecule has 0 aliphatic heterocycles. The second kappa shape index (κ2) is 11.3. The number of aliphatic hydroxyl groups is 1. The minimum atomic E-state index is 0.141. The fourth-order valence-electron chi connectivity index (χ4n) is 2.76. The second-order valence-electron chi connectivity index (χ2n) is 5.89. The van der Waals surface area contributed by atoms with Crippen molar-refractivity contribution >= 4 is 50.7 Å². The lowest BCUT2D eigenvalue weighted by molar-refractivity contribution is -0.627. The lowest BCUT2D eigenvalue weighted by Crippen LogP contribution is -2.25. The van der Waals surface area contributed by atoms with Crippen LogP contribution in [0.2, 0.25) is 0 Å². The number of methoxy groups -OCH3 is 1. The number of hydrogen-bond acceptors (Lipinski definition) is 8. The van der Waals surface area contributed by atoms with Crippen LogP contribution >= 0.6 is 11.3 Å². The van der Waals surface area contributed by atoms with Gasteiger partial charge in [-0.2, -0.15) is 0 Å². The molecule has 1 N–H and O–H groups in total. The van der Waals surface area contributed by atoms with E-state index in [4.69, 9.17) is 15.1 Å². The number of fused-ring (bicyclic) bond motifs is 1. The predicted molar refractivity (Wildman–Crippen MR) is 118 cm³/mol. The van der Waals surface area contributed by atoms with Gasteiger partial charge in [0.1, 0.15) is 17.0 Å². The summed E-state index contributed by atoms with van der Waals surface area (Å²) in [4.78, 5) is 2.11. The Bertz CT molecular complexity index is 997. The van der Waals surface area contributed by atoms with Crippen molar-refractivity contribution in [3.8, 4) is 11.2 Å². The Morgan fingerprint density at radius 2 is 1.93 bits per heavy atom. The second-order valence-corrected chi connectivity index (χ2v) is 7.08. The Labute approximate surface area is 179 Å². The van der Waals surface area contributed by atoms with Crippen LogP contribution in [0.1, 0.15) is 6.92 Å². The maximum atomic E-state index is 9.13. The highest BCUT2D eigenvalue weighted by molar-refractivity contribution is 7.64. The smallest absolute Gasteiger partial charge is 0.409 e. The third-order valence-electron chi connectivity index (χ3n) is 4.23. The van der Waals surface area contributed by atoms with E-state index in [1.165, 1.54) is 5.40 Å². The van der Waals surface area contributed by atoms with E-state index in [1.807, 2.05) is 54.1 Å². The molecule has 7 nitrogen and oxygen atoms in total. The number of thiazole rings is 1. The molecule has 0 aliphatic carbocycles. The van der Waals surface area contributed by atoms with Gasteiger partial charge >= 0.3 is 5.13 Å². The van der Waals surface area contributed by atoms with Crippen molar-refractivity contribution in [2.24, 2.45) is 17.3 Å². The van der Waals surface area contributed by atoms with Gasteiger partial charge in [-0.05, 0) is 59.8 Å². The summed E-state index contributed by atoms with van der Waals surface area (Å²) in [6, 6.07) is 13.9. The number of anilines is 1. The molecule has 152 valence electrons. The monoisotopic (exact) mass is 429 g/mol. The Hall–Kier alpha value is -2.80. The van der Waals surface area contributed by atoms with Gasteiger partial charge in [-0.15, -0.1) is 0 Å². The summed E-state index contributed by atoms with van der Waals surface area (Å²) in [7, 11) is 3.65. The number of aryl methyl sites for hydroxylation is 1. The molecule has 0 amide bonds. The van der Waals surface area contributed by atoms with Crippen molar-refractivity contribution < 1.29 is 14.4 Å². The molecule has 1 aromatic heterocycles. The van der Waals surface area contributed by atoms with Gasteiger partial charge in [0.05, 0.1) is 30.6 Å². The van der Waals surface area contributed by atoms with Gasteiger partial charge in [0, 0.05) is 24.8 Å². The average molecular weight is 430 g/mol. The minimum absolute atomic E-state index is 0.141. The van der Waals surface area contributed by atoms with E-state index in [2.05, 4.69) is 34.7 Å². The SMILES string of the molecule is CCN(CCO)c1ccc(N=Nc2sc3cc(OC)ccc3[n+]2C)cc1.N#C[S-]. The van der Waals surface area contributed by atoms with E-state index < -0.39 is 0 Å². The molecule has 0 aliphatic rings. The summed E-state index contributed by atoms with van der Waals surface area (Å²) in [5, 5.41) is 27.2. The first-order chi connectivity index (χ1) is 14.1.